The Labute approximate surface area is 132 Å². The van der Waals surface area contributed by atoms with Gasteiger partial charge in [-0.05, 0) is 61.3 Å². The Morgan fingerprint density at radius 2 is 1.86 bits per heavy atom. The van der Waals surface area contributed by atoms with Crippen LogP contribution in [0.3, 0.4) is 0 Å². The number of ketones is 2. The topological polar surface area (TPSA) is 54.4 Å². The minimum absolute atomic E-state index is 0.0385. The molecule has 0 aromatic carbocycles. The van der Waals surface area contributed by atoms with Gasteiger partial charge in [-0.1, -0.05) is 19.4 Å². The standard InChI is InChI=1S/C19H26O3/c1-18-8-7-12(20)9-11(18)3-4-13-14-5-6-16(22)19(14,2)10-15(21)17(13)18/h9,13-15,17,21H,3-8,10H2,1-2H3/t13-,14-,15+,17+,18-,19-/m0/s1. The molecule has 120 valence electrons. The molecule has 0 aromatic heterocycles. The summed E-state index contributed by atoms with van der Waals surface area (Å²) in [5.74, 6) is 1.71. The fraction of sp³-hybridized carbons (Fsp3) is 0.789. The summed E-state index contributed by atoms with van der Waals surface area (Å²) >= 11 is 0. The van der Waals surface area contributed by atoms with Gasteiger partial charge in [-0.2, -0.15) is 0 Å². The number of fused-ring (bicyclic) bond motifs is 5. The number of Topliss-reactive ketones (excluding diaryl/α,β-unsaturated/α-hetero) is 1. The summed E-state index contributed by atoms with van der Waals surface area (Å²) in [6.45, 7) is 4.34. The zero-order valence-corrected chi connectivity index (χ0v) is 13.6. The van der Waals surface area contributed by atoms with Crippen molar-refractivity contribution < 1.29 is 14.7 Å². The van der Waals surface area contributed by atoms with Gasteiger partial charge in [-0.25, -0.2) is 0 Å². The Morgan fingerprint density at radius 1 is 1.09 bits per heavy atom. The van der Waals surface area contributed by atoms with Crippen molar-refractivity contribution in [3.05, 3.63) is 11.6 Å². The van der Waals surface area contributed by atoms with Crippen molar-refractivity contribution in [3.63, 3.8) is 0 Å². The molecule has 0 bridgehead atoms. The highest BCUT2D eigenvalue weighted by Gasteiger charge is 2.61. The fourth-order valence-electron chi connectivity index (χ4n) is 6.46. The molecular weight excluding hydrogens is 276 g/mol. The summed E-state index contributed by atoms with van der Waals surface area (Å²) in [5.41, 5.74) is 0.920. The van der Waals surface area contributed by atoms with Gasteiger partial charge in [0, 0.05) is 18.3 Å². The number of carbonyl (C=O) groups is 2. The maximum Gasteiger partial charge on any atom is 0.155 e. The molecule has 0 aromatic rings. The molecule has 3 fully saturated rings. The number of hydrogen-bond acceptors (Lipinski definition) is 3. The van der Waals surface area contributed by atoms with Gasteiger partial charge in [0.1, 0.15) is 5.78 Å². The van der Waals surface area contributed by atoms with Gasteiger partial charge in [0.2, 0.25) is 0 Å². The van der Waals surface area contributed by atoms with Crippen LogP contribution in [0.2, 0.25) is 0 Å². The first kappa shape index (κ1) is 14.6. The maximum atomic E-state index is 12.4. The Balaban J connectivity index is 1.75. The summed E-state index contributed by atoms with van der Waals surface area (Å²) < 4.78 is 0. The molecule has 0 saturated heterocycles. The van der Waals surface area contributed by atoms with E-state index in [1.807, 2.05) is 6.08 Å². The average molecular weight is 302 g/mol. The highest BCUT2D eigenvalue weighted by atomic mass is 16.3. The second-order valence-electron chi connectivity index (χ2n) is 8.54. The third-order valence-corrected chi connectivity index (χ3v) is 7.61. The number of aliphatic hydroxyl groups is 1. The molecule has 0 heterocycles. The van der Waals surface area contributed by atoms with Gasteiger partial charge in [0.25, 0.3) is 0 Å². The van der Waals surface area contributed by atoms with Crippen LogP contribution in [0.25, 0.3) is 0 Å². The summed E-state index contributed by atoms with van der Waals surface area (Å²) in [4.78, 5) is 24.2. The first-order valence-electron chi connectivity index (χ1n) is 8.81. The van der Waals surface area contributed by atoms with Crippen LogP contribution in [0.1, 0.15) is 58.8 Å². The van der Waals surface area contributed by atoms with Gasteiger partial charge in [0.05, 0.1) is 6.10 Å². The van der Waals surface area contributed by atoms with Crippen LogP contribution in [0.15, 0.2) is 11.6 Å². The summed E-state index contributed by atoms with van der Waals surface area (Å²) in [6, 6.07) is 0. The zero-order chi connectivity index (χ0) is 15.7. The molecule has 0 spiro atoms. The first-order chi connectivity index (χ1) is 10.4. The van der Waals surface area contributed by atoms with Crippen LogP contribution >= 0.6 is 0 Å². The van der Waals surface area contributed by atoms with Crippen LogP contribution in [0, 0.1) is 28.6 Å². The van der Waals surface area contributed by atoms with Gasteiger partial charge >= 0.3 is 0 Å². The quantitative estimate of drug-likeness (QED) is 0.748. The van der Waals surface area contributed by atoms with E-state index in [9.17, 15) is 14.7 Å². The van der Waals surface area contributed by atoms with Crippen molar-refractivity contribution in [1.29, 1.82) is 0 Å². The van der Waals surface area contributed by atoms with Crippen molar-refractivity contribution >= 4 is 11.6 Å². The van der Waals surface area contributed by atoms with Crippen molar-refractivity contribution in [3.8, 4) is 0 Å². The third kappa shape index (κ3) is 1.72. The van der Waals surface area contributed by atoms with E-state index in [-0.39, 0.29) is 22.5 Å². The SMILES string of the molecule is C[C@]12CCC(=O)C=C1CC[C@@H]1[C@@H]2[C@H](O)C[C@]2(C)C(=O)CC[C@@H]12. The molecule has 4 aliphatic rings. The molecule has 1 N–H and O–H groups in total. The second kappa shape index (κ2) is 4.53. The largest absolute Gasteiger partial charge is 0.393 e. The van der Waals surface area contributed by atoms with E-state index in [0.717, 1.165) is 25.7 Å². The average Bonchev–Trinajstić information content (AvgIpc) is 2.75. The Hall–Kier alpha value is -0.960. The molecule has 0 amide bonds. The predicted octanol–water partition coefficient (Wildman–Crippen LogP) is 3.06. The van der Waals surface area contributed by atoms with E-state index in [2.05, 4.69) is 13.8 Å². The Morgan fingerprint density at radius 3 is 2.64 bits per heavy atom. The number of hydrogen-bond donors (Lipinski definition) is 1. The lowest BCUT2D eigenvalue weighted by Gasteiger charge is -2.58. The van der Waals surface area contributed by atoms with E-state index < -0.39 is 6.10 Å². The molecule has 0 unspecified atom stereocenters. The predicted molar refractivity (Wildman–Crippen MR) is 83.1 cm³/mol. The Kier molecular flexibility index (Phi) is 3.01. The number of rotatable bonds is 0. The van der Waals surface area contributed by atoms with Crippen LogP contribution < -0.4 is 0 Å². The van der Waals surface area contributed by atoms with Crippen LogP contribution in [-0.4, -0.2) is 22.8 Å². The van der Waals surface area contributed by atoms with Crippen LogP contribution in [0.4, 0.5) is 0 Å². The van der Waals surface area contributed by atoms with E-state index in [0.29, 0.717) is 36.9 Å². The monoisotopic (exact) mass is 302 g/mol. The van der Waals surface area contributed by atoms with Crippen molar-refractivity contribution in [2.45, 2.75) is 64.9 Å². The molecule has 6 atom stereocenters. The smallest absolute Gasteiger partial charge is 0.155 e. The van der Waals surface area contributed by atoms with E-state index >= 15 is 0 Å². The number of aliphatic hydroxyl groups excluding tert-OH is 1. The summed E-state index contributed by atoms with van der Waals surface area (Å²) in [7, 11) is 0. The van der Waals surface area contributed by atoms with Crippen molar-refractivity contribution in [2.75, 3.05) is 0 Å². The van der Waals surface area contributed by atoms with E-state index in [4.69, 9.17) is 0 Å². The van der Waals surface area contributed by atoms with Gasteiger partial charge in [-0.15, -0.1) is 0 Å². The van der Waals surface area contributed by atoms with E-state index in [1.54, 1.807) is 0 Å². The highest BCUT2D eigenvalue weighted by molar-refractivity contribution is 5.91. The lowest BCUT2D eigenvalue weighted by atomic mass is 9.46. The van der Waals surface area contributed by atoms with Gasteiger partial charge in [-0.3, -0.25) is 9.59 Å². The van der Waals surface area contributed by atoms with Crippen molar-refractivity contribution in [2.24, 2.45) is 28.6 Å². The van der Waals surface area contributed by atoms with Crippen molar-refractivity contribution in [1.82, 2.24) is 0 Å². The molecule has 4 rings (SSSR count). The summed E-state index contributed by atoms with van der Waals surface area (Å²) in [6.07, 6.45) is 7.24. The molecule has 4 aliphatic carbocycles. The third-order valence-electron chi connectivity index (χ3n) is 7.61. The minimum Gasteiger partial charge on any atom is -0.393 e. The van der Waals surface area contributed by atoms with Crippen LogP contribution in [0.5, 0.6) is 0 Å². The molecule has 3 heteroatoms. The minimum atomic E-state index is -0.407. The van der Waals surface area contributed by atoms with E-state index in [1.165, 1.54) is 5.57 Å². The Bertz CT molecular complexity index is 577. The molecule has 0 aliphatic heterocycles. The lowest BCUT2D eigenvalue weighted by Crippen LogP contribution is -2.56. The number of carbonyl (C=O) groups excluding carboxylic acids is 2. The van der Waals surface area contributed by atoms with Crippen LogP contribution in [-0.2, 0) is 9.59 Å². The second-order valence-corrected chi connectivity index (χ2v) is 8.54. The molecule has 22 heavy (non-hydrogen) atoms. The van der Waals surface area contributed by atoms with Gasteiger partial charge < -0.3 is 5.11 Å². The lowest BCUT2D eigenvalue weighted by molar-refractivity contribution is -0.147. The number of allylic oxidation sites excluding steroid dienone is 1. The molecule has 3 saturated carbocycles. The summed E-state index contributed by atoms with van der Waals surface area (Å²) in [5, 5.41) is 10.9. The fourth-order valence-corrected chi connectivity index (χ4v) is 6.46. The molecule has 3 nitrogen and oxygen atoms in total. The highest BCUT2D eigenvalue weighted by Crippen LogP contribution is 2.64. The molecule has 0 radical (unpaired) electrons. The zero-order valence-electron chi connectivity index (χ0n) is 13.6. The molecular formula is C19H26O3. The first-order valence-corrected chi connectivity index (χ1v) is 8.81. The van der Waals surface area contributed by atoms with Gasteiger partial charge in [0.15, 0.2) is 5.78 Å². The normalized spacial score (nSPS) is 51.0. The maximum absolute atomic E-state index is 12.4.